The fourth-order valence-corrected chi connectivity index (χ4v) is 2.33. The molecule has 0 bridgehead atoms. The lowest BCUT2D eigenvalue weighted by molar-refractivity contribution is -0.138. The van der Waals surface area contributed by atoms with Crippen molar-refractivity contribution in [2.75, 3.05) is 13.2 Å². The van der Waals surface area contributed by atoms with Gasteiger partial charge < -0.3 is 14.0 Å². The quantitative estimate of drug-likeness (QED) is 0.538. The van der Waals surface area contributed by atoms with E-state index in [0.29, 0.717) is 19.8 Å². The van der Waals surface area contributed by atoms with Crippen LogP contribution in [0.1, 0.15) is 30.5 Å². The summed E-state index contributed by atoms with van der Waals surface area (Å²) in [6.45, 7) is 4.81. The molecule has 136 valence electrons. The van der Waals surface area contributed by atoms with Crippen LogP contribution in [0, 0.1) is 0 Å². The number of carbonyl (C=O) groups is 2. The second-order valence-electron chi connectivity index (χ2n) is 5.41. The average molecular weight is 354 g/mol. The third-order valence-electron chi connectivity index (χ3n) is 3.36. The standard InChI is InChI=1S/C20H22N2O4/c1-3-25-19(23)7-5-16-11-17(6-8-20(24)26-4-2)13-18(12-16)14-22-10-9-21-15-22/h5-13,15H,3-4,14H2,1-2H3/b7-5+,8-6+. The Morgan fingerprint density at radius 1 is 1.00 bits per heavy atom. The van der Waals surface area contributed by atoms with Gasteiger partial charge in [-0.25, -0.2) is 14.6 Å². The molecule has 0 radical (unpaired) electrons. The molecule has 0 aliphatic heterocycles. The van der Waals surface area contributed by atoms with Gasteiger partial charge in [-0.2, -0.15) is 0 Å². The fourth-order valence-electron chi connectivity index (χ4n) is 2.33. The molecule has 1 aromatic heterocycles. The Bertz CT molecular complexity index is 746. The van der Waals surface area contributed by atoms with Gasteiger partial charge in [0.05, 0.1) is 19.5 Å². The Balaban J connectivity index is 2.26. The van der Waals surface area contributed by atoms with Crippen LogP contribution < -0.4 is 0 Å². The van der Waals surface area contributed by atoms with Crippen LogP contribution in [-0.4, -0.2) is 34.7 Å². The highest BCUT2D eigenvalue weighted by molar-refractivity contribution is 5.88. The molecule has 0 aliphatic carbocycles. The Labute approximate surface area is 152 Å². The first-order chi connectivity index (χ1) is 12.6. The summed E-state index contributed by atoms with van der Waals surface area (Å²) in [6.07, 6.45) is 11.5. The Morgan fingerprint density at radius 3 is 2.04 bits per heavy atom. The zero-order valence-corrected chi connectivity index (χ0v) is 14.9. The van der Waals surface area contributed by atoms with Gasteiger partial charge in [-0.05, 0) is 60.9 Å². The number of benzene rings is 1. The zero-order chi connectivity index (χ0) is 18.8. The first kappa shape index (κ1) is 19.2. The molecule has 0 aliphatic rings. The van der Waals surface area contributed by atoms with E-state index in [0.717, 1.165) is 16.7 Å². The predicted octanol–water partition coefficient (Wildman–Crippen LogP) is 3.08. The van der Waals surface area contributed by atoms with E-state index in [1.165, 1.54) is 12.2 Å². The van der Waals surface area contributed by atoms with Crippen LogP contribution in [0.15, 0.2) is 49.1 Å². The SMILES string of the molecule is CCOC(=O)/C=C/c1cc(/C=C/C(=O)OCC)cc(Cn2ccnc2)c1. The number of rotatable bonds is 8. The number of esters is 2. The Hall–Kier alpha value is -3.15. The second kappa shape index (κ2) is 9.98. The number of hydrogen-bond acceptors (Lipinski definition) is 5. The minimum absolute atomic E-state index is 0.331. The van der Waals surface area contributed by atoms with Crippen molar-refractivity contribution in [1.82, 2.24) is 9.55 Å². The monoisotopic (exact) mass is 354 g/mol. The Kier molecular flexibility index (Phi) is 7.36. The van der Waals surface area contributed by atoms with Gasteiger partial charge in [-0.3, -0.25) is 0 Å². The average Bonchev–Trinajstić information content (AvgIpc) is 3.12. The normalized spacial score (nSPS) is 11.2. The molecule has 26 heavy (non-hydrogen) atoms. The van der Waals surface area contributed by atoms with Crippen molar-refractivity contribution in [3.8, 4) is 0 Å². The summed E-state index contributed by atoms with van der Waals surface area (Å²) in [5.41, 5.74) is 2.68. The molecular weight excluding hydrogens is 332 g/mol. The number of carbonyl (C=O) groups excluding carboxylic acids is 2. The smallest absolute Gasteiger partial charge is 0.330 e. The van der Waals surface area contributed by atoms with Crippen LogP contribution in [-0.2, 0) is 25.6 Å². The molecule has 0 N–H and O–H groups in total. The van der Waals surface area contributed by atoms with Gasteiger partial charge in [0.25, 0.3) is 0 Å². The van der Waals surface area contributed by atoms with Gasteiger partial charge in [-0.15, -0.1) is 0 Å². The molecule has 6 heteroatoms. The van der Waals surface area contributed by atoms with Crippen molar-refractivity contribution in [3.05, 3.63) is 65.8 Å². The lowest BCUT2D eigenvalue weighted by Crippen LogP contribution is -2.00. The molecule has 0 atom stereocenters. The number of hydrogen-bond donors (Lipinski definition) is 0. The van der Waals surface area contributed by atoms with Gasteiger partial charge in [-0.1, -0.05) is 0 Å². The molecule has 0 saturated heterocycles. The highest BCUT2D eigenvalue weighted by Gasteiger charge is 2.02. The summed E-state index contributed by atoms with van der Waals surface area (Å²) in [7, 11) is 0. The molecule has 0 amide bonds. The number of ether oxygens (including phenoxy) is 2. The van der Waals surface area contributed by atoms with E-state index in [2.05, 4.69) is 4.98 Å². The summed E-state index contributed by atoms with van der Waals surface area (Å²) in [5, 5.41) is 0. The van der Waals surface area contributed by atoms with E-state index in [-0.39, 0.29) is 0 Å². The largest absolute Gasteiger partial charge is 0.463 e. The maximum Gasteiger partial charge on any atom is 0.330 e. The molecule has 2 aromatic rings. The van der Waals surface area contributed by atoms with Crippen molar-refractivity contribution < 1.29 is 19.1 Å². The molecule has 0 saturated carbocycles. The number of imidazole rings is 1. The molecular formula is C20H22N2O4. The highest BCUT2D eigenvalue weighted by Crippen LogP contribution is 2.15. The fraction of sp³-hybridized carbons (Fsp3) is 0.250. The van der Waals surface area contributed by atoms with E-state index >= 15 is 0 Å². The van der Waals surface area contributed by atoms with E-state index in [9.17, 15) is 9.59 Å². The third-order valence-corrected chi connectivity index (χ3v) is 3.36. The van der Waals surface area contributed by atoms with Gasteiger partial charge in [0.1, 0.15) is 0 Å². The highest BCUT2D eigenvalue weighted by atomic mass is 16.5. The summed E-state index contributed by atoms with van der Waals surface area (Å²) in [4.78, 5) is 27.1. The molecule has 2 rings (SSSR count). The summed E-state index contributed by atoms with van der Waals surface area (Å²) >= 11 is 0. The summed E-state index contributed by atoms with van der Waals surface area (Å²) in [6, 6.07) is 5.82. The molecule has 1 heterocycles. The zero-order valence-electron chi connectivity index (χ0n) is 14.9. The van der Waals surface area contributed by atoms with Crippen LogP contribution in [0.5, 0.6) is 0 Å². The van der Waals surface area contributed by atoms with Crippen LogP contribution in [0.2, 0.25) is 0 Å². The van der Waals surface area contributed by atoms with Crippen LogP contribution in [0.25, 0.3) is 12.2 Å². The molecule has 6 nitrogen and oxygen atoms in total. The van der Waals surface area contributed by atoms with Gasteiger partial charge in [0, 0.05) is 31.1 Å². The lowest BCUT2D eigenvalue weighted by atomic mass is 10.0. The topological polar surface area (TPSA) is 70.4 Å². The van der Waals surface area contributed by atoms with Gasteiger partial charge in [0.2, 0.25) is 0 Å². The van der Waals surface area contributed by atoms with Crippen molar-refractivity contribution >= 4 is 24.1 Å². The lowest BCUT2D eigenvalue weighted by Gasteiger charge is -2.07. The summed E-state index contributed by atoms with van der Waals surface area (Å²) < 4.78 is 11.7. The van der Waals surface area contributed by atoms with E-state index in [1.54, 1.807) is 38.5 Å². The van der Waals surface area contributed by atoms with Crippen LogP contribution >= 0.6 is 0 Å². The van der Waals surface area contributed by atoms with Crippen molar-refractivity contribution in [1.29, 1.82) is 0 Å². The van der Waals surface area contributed by atoms with Gasteiger partial charge in [0.15, 0.2) is 0 Å². The first-order valence-corrected chi connectivity index (χ1v) is 8.40. The maximum atomic E-state index is 11.5. The van der Waals surface area contributed by atoms with Crippen molar-refractivity contribution in [2.45, 2.75) is 20.4 Å². The predicted molar refractivity (Wildman–Crippen MR) is 99.1 cm³/mol. The summed E-state index contributed by atoms with van der Waals surface area (Å²) in [5.74, 6) is -0.785. The molecule has 0 fully saturated rings. The number of nitrogens with zero attached hydrogens (tertiary/aromatic N) is 2. The molecule has 0 unspecified atom stereocenters. The van der Waals surface area contributed by atoms with Crippen LogP contribution in [0.4, 0.5) is 0 Å². The minimum Gasteiger partial charge on any atom is -0.463 e. The second-order valence-corrected chi connectivity index (χ2v) is 5.41. The van der Waals surface area contributed by atoms with E-state index < -0.39 is 11.9 Å². The third kappa shape index (κ3) is 6.39. The first-order valence-electron chi connectivity index (χ1n) is 8.40. The van der Waals surface area contributed by atoms with Gasteiger partial charge >= 0.3 is 11.9 Å². The van der Waals surface area contributed by atoms with Crippen molar-refractivity contribution in [2.24, 2.45) is 0 Å². The minimum atomic E-state index is -0.392. The van der Waals surface area contributed by atoms with Crippen LogP contribution in [0.3, 0.4) is 0 Å². The van der Waals surface area contributed by atoms with E-state index in [1.807, 2.05) is 29.0 Å². The molecule has 0 spiro atoms. The Morgan fingerprint density at radius 2 is 1.58 bits per heavy atom. The number of aromatic nitrogens is 2. The van der Waals surface area contributed by atoms with Crippen molar-refractivity contribution in [3.63, 3.8) is 0 Å². The molecule has 1 aromatic carbocycles. The maximum absolute atomic E-state index is 11.5. The van der Waals surface area contributed by atoms with E-state index in [4.69, 9.17) is 9.47 Å².